The monoisotopic (exact) mass is 231 g/mol. The third kappa shape index (κ3) is 2.70. The van der Waals surface area contributed by atoms with Crippen molar-refractivity contribution in [1.82, 2.24) is 5.32 Å². The molecular weight excluding hydrogens is 210 g/mol. The summed E-state index contributed by atoms with van der Waals surface area (Å²) in [7, 11) is 2.02. The number of aryl methyl sites for hydroxylation is 1. The van der Waals surface area contributed by atoms with Crippen molar-refractivity contribution in [2.45, 2.75) is 32.2 Å². The Morgan fingerprint density at radius 3 is 3.06 bits per heavy atom. The van der Waals surface area contributed by atoms with Crippen molar-refractivity contribution in [3.05, 3.63) is 41.5 Å². The van der Waals surface area contributed by atoms with Gasteiger partial charge in [0.2, 0.25) is 0 Å². The summed E-state index contributed by atoms with van der Waals surface area (Å²) in [6, 6.07) is 6.95. The zero-order valence-electron chi connectivity index (χ0n) is 10.8. The van der Waals surface area contributed by atoms with Gasteiger partial charge in [-0.25, -0.2) is 0 Å². The topological polar surface area (TPSA) is 21.3 Å². The highest BCUT2D eigenvalue weighted by Gasteiger charge is 2.20. The highest BCUT2D eigenvalue weighted by molar-refractivity contribution is 5.40. The minimum atomic E-state index is 0.518. The second-order valence-electron chi connectivity index (χ2n) is 4.63. The van der Waals surface area contributed by atoms with Crippen LogP contribution in [0, 0.1) is 0 Å². The van der Waals surface area contributed by atoms with Gasteiger partial charge in [0, 0.05) is 6.04 Å². The molecule has 1 aliphatic carbocycles. The molecule has 0 bridgehead atoms. The van der Waals surface area contributed by atoms with Gasteiger partial charge in [0.25, 0.3) is 0 Å². The summed E-state index contributed by atoms with van der Waals surface area (Å²) in [5, 5.41) is 3.34. The summed E-state index contributed by atoms with van der Waals surface area (Å²) < 4.78 is 5.73. The number of benzene rings is 1. The fraction of sp³-hybridized carbons (Fsp3) is 0.467. The second-order valence-corrected chi connectivity index (χ2v) is 4.63. The van der Waals surface area contributed by atoms with Crippen molar-refractivity contribution in [2.24, 2.45) is 0 Å². The Hall–Kier alpha value is -1.28. The predicted molar refractivity (Wildman–Crippen MR) is 71.5 cm³/mol. The fourth-order valence-electron chi connectivity index (χ4n) is 2.27. The van der Waals surface area contributed by atoms with Crippen LogP contribution in [0.15, 0.2) is 30.4 Å². The largest absolute Gasteiger partial charge is 0.489 e. The van der Waals surface area contributed by atoms with Gasteiger partial charge in [-0.15, -0.1) is 0 Å². The van der Waals surface area contributed by atoms with E-state index in [0.29, 0.717) is 12.6 Å². The van der Waals surface area contributed by atoms with Crippen LogP contribution >= 0.6 is 0 Å². The molecule has 1 N–H and O–H groups in total. The van der Waals surface area contributed by atoms with Gasteiger partial charge in [-0.1, -0.05) is 19.6 Å². The van der Waals surface area contributed by atoms with Crippen LogP contribution in [0.2, 0.25) is 0 Å². The number of ether oxygens (including phenoxy) is 1. The maximum Gasteiger partial charge on any atom is 0.120 e. The maximum absolute atomic E-state index is 5.73. The van der Waals surface area contributed by atoms with E-state index in [1.54, 1.807) is 0 Å². The minimum Gasteiger partial charge on any atom is -0.489 e. The lowest BCUT2D eigenvalue weighted by molar-refractivity contribution is 0.349. The summed E-state index contributed by atoms with van der Waals surface area (Å²) in [6.07, 6.45) is 3.32. The molecule has 1 atom stereocenters. The van der Waals surface area contributed by atoms with Gasteiger partial charge in [0.05, 0.1) is 0 Å². The quantitative estimate of drug-likeness (QED) is 0.785. The van der Waals surface area contributed by atoms with Gasteiger partial charge >= 0.3 is 0 Å². The first-order valence-electron chi connectivity index (χ1n) is 6.34. The zero-order chi connectivity index (χ0) is 12.3. The summed E-state index contributed by atoms with van der Waals surface area (Å²) in [4.78, 5) is 0. The highest BCUT2D eigenvalue weighted by Crippen LogP contribution is 2.33. The van der Waals surface area contributed by atoms with E-state index in [-0.39, 0.29) is 0 Å². The second kappa shape index (κ2) is 5.37. The Kier molecular flexibility index (Phi) is 3.85. The molecule has 2 heteroatoms. The third-order valence-corrected chi connectivity index (χ3v) is 3.48. The molecule has 0 amide bonds. The van der Waals surface area contributed by atoms with E-state index in [2.05, 4.69) is 37.0 Å². The van der Waals surface area contributed by atoms with Crippen LogP contribution in [-0.4, -0.2) is 13.7 Å². The molecule has 2 rings (SSSR count). The number of nitrogens with one attached hydrogen (secondary N) is 1. The van der Waals surface area contributed by atoms with E-state index in [1.165, 1.54) is 17.5 Å². The lowest BCUT2D eigenvalue weighted by atomic mass is 10.1. The molecule has 0 heterocycles. The first-order valence-corrected chi connectivity index (χ1v) is 6.34. The van der Waals surface area contributed by atoms with Gasteiger partial charge < -0.3 is 10.1 Å². The Morgan fingerprint density at radius 1 is 1.53 bits per heavy atom. The van der Waals surface area contributed by atoms with E-state index in [1.807, 2.05) is 7.05 Å². The van der Waals surface area contributed by atoms with E-state index in [0.717, 1.165) is 24.2 Å². The number of hydrogen-bond donors (Lipinski definition) is 1. The average molecular weight is 231 g/mol. The number of fused-ring (bicyclic) bond motifs is 1. The van der Waals surface area contributed by atoms with Crippen molar-refractivity contribution >= 4 is 0 Å². The van der Waals surface area contributed by atoms with Crippen molar-refractivity contribution < 1.29 is 4.74 Å². The van der Waals surface area contributed by atoms with Gasteiger partial charge in [-0.05, 0) is 55.1 Å². The van der Waals surface area contributed by atoms with Gasteiger partial charge in [0.1, 0.15) is 12.4 Å². The molecule has 0 radical (unpaired) electrons. The molecule has 1 aromatic carbocycles. The third-order valence-electron chi connectivity index (χ3n) is 3.48. The van der Waals surface area contributed by atoms with Crippen LogP contribution in [0.1, 0.15) is 36.9 Å². The Morgan fingerprint density at radius 2 is 2.35 bits per heavy atom. The summed E-state index contributed by atoms with van der Waals surface area (Å²) in [6.45, 7) is 6.68. The molecule has 0 saturated carbocycles. The van der Waals surface area contributed by atoms with E-state index in [4.69, 9.17) is 4.74 Å². The normalized spacial score (nSPS) is 17.9. The minimum absolute atomic E-state index is 0.518. The molecule has 0 aliphatic heterocycles. The SMILES string of the molecule is C=C(CC)COc1ccc2c(c1)CCC2NC. The van der Waals surface area contributed by atoms with Crippen LogP contribution in [-0.2, 0) is 6.42 Å². The molecule has 1 aliphatic rings. The maximum atomic E-state index is 5.73. The van der Waals surface area contributed by atoms with E-state index < -0.39 is 0 Å². The molecule has 0 spiro atoms. The first kappa shape index (κ1) is 12.2. The zero-order valence-corrected chi connectivity index (χ0v) is 10.8. The van der Waals surface area contributed by atoms with Crippen LogP contribution in [0.3, 0.4) is 0 Å². The van der Waals surface area contributed by atoms with E-state index >= 15 is 0 Å². The van der Waals surface area contributed by atoms with Crippen molar-refractivity contribution in [1.29, 1.82) is 0 Å². The Labute approximate surface area is 104 Å². The van der Waals surface area contributed by atoms with Crippen molar-refractivity contribution in [3.8, 4) is 5.75 Å². The standard InChI is InChI=1S/C15H21NO/c1-4-11(2)10-17-13-6-7-14-12(9-13)5-8-15(14)16-3/h6-7,9,15-16H,2,4-5,8,10H2,1,3H3. The van der Waals surface area contributed by atoms with Crippen LogP contribution in [0.5, 0.6) is 5.75 Å². The van der Waals surface area contributed by atoms with Gasteiger partial charge in [0.15, 0.2) is 0 Å². The van der Waals surface area contributed by atoms with Crippen LogP contribution < -0.4 is 10.1 Å². The van der Waals surface area contributed by atoms with Gasteiger partial charge in [-0.2, -0.15) is 0 Å². The van der Waals surface area contributed by atoms with Crippen molar-refractivity contribution in [3.63, 3.8) is 0 Å². The molecule has 0 saturated heterocycles. The summed E-state index contributed by atoms with van der Waals surface area (Å²) >= 11 is 0. The number of rotatable bonds is 5. The lowest BCUT2D eigenvalue weighted by Crippen LogP contribution is -2.12. The first-order chi connectivity index (χ1) is 8.24. The smallest absolute Gasteiger partial charge is 0.120 e. The highest BCUT2D eigenvalue weighted by atomic mass is 16.5. The molecular formula is C15H21NO. The number of hydrogen-bond acceptors (Lipinski definition) is 2. The summed E-state index contributed by atoms with van der Waals surface area (Å²) in [5.41, 5.74) is 3.98. The molecule has 1 unspecified atom stereocenters. The molecule has 92 valence electrons. The predicted octanol–water partition coefficient (Wildman–Crippen LogP) is 3.24. The molecule has 0 fully saturated rings. The van der Waals surface area contributed by atoms with Crippen LogP contribution in [0.25, 0.3) is 0 Å². The van der Waals surface area contributed by atoms with Gasteiger partial charge in [-0.3, -0.25) is 0 Å². The fourth-order valence-corrected chi connectivity index (χ4v) is 2.27. The Balaban J connectivity index is 2.05. The molecule has 17 heavy (non-hydrogen) atoms. The Bertz CT molecular complexity index is 411. The van der Waals surface area contributed by atoms with E-state index in [9.17, 15) is 0 Å². The average Bonchev–Trinajstić information content (AvgIpc) is 2.78. The lowest BCUT2D eigenvalue weighted by Gasteiger charge is -2.12. The van der Waals surface area contributed by atoms with Crippen molar-refractivity contribution in [2.75, 3.05) is 13.7 Å². The molecule has 2 nitrogen and oxygen atoms in total. The molecule has 1 aromatic rings. The van der Waals surface area contributed by atoms with Crippen LogP contribution in [0.4, 0.5) is 0 Å². The molecule has 0 aromatic heterocycles. The summed E-state index contributed by atoms with van der Waals surface area (Å²) in [5.74, 6) is 0.968.